The van der Waals surface area contributed by atoms with Crippen molar-refractivity contribution in [1.29, 1.82) is 0 Å². The fourth-order valence-corrected chi connectivity index (χ4v) is 1.91. The Balaban J connectivity index is 2.43. The summed E-state index contributed by atoms with van der Waals surface area (Å²) in [5.74, 6) is 0.123. The molecule has 2 aromatic rings. The summed E-state index contributed by atoms with van der Waals surface area (Å²) in [6.45, 7) is 4.12. The molecule has 4 nitrogen and oxygen atoms in total. The molecule has 0 saturated heterocycles. The summed E-state index contributed by atoms with van der Waals surface area (Å²) in [5.41, 5.74) is 9.65. The molecule has 3 N–H and O–H groups in total. The van der Waals surface area contributed by atoms with Gasteiger partial charge in [0.2, 0.25) is 0 Å². The smallest absolute Gasteiger partial charge is 0.170 e. The van der Waals surface area contributed by atoms with E-state index in [1.807, 2.05) is 24.3 Å². The van der Waals surface area contributed by atoms with Gasteiger partial charge in [0.1, 0.15) is 0 Å². The van der Waals surface area contributed by atoms with E-state index in [0.717, 1.165) is 5.69 Å². The molecular formula is C13H15N3O. The van der Waals surface area contributed by atoms with E-state index in [9.17, 15) is 0 Å². The van der Waals surface area contributed by atoms with Crippen molar-refractivity contribution in [2.24, 2.45) is 10.9 Å². The van der Waals surface area contributed by atoms with Gasteiger partial charge in [0.25, 0.3) is 0 Å². The van der Waals surface area contributed by atoms with Crippen molar-refractivity contribution in [3.05, 3.63) is 53.3 Å². The first-order valence-corrected chi connectivity index (χ1v) is 5.37. The van der Waals surface area contributed by atoms with E-state index in [1.165, 1.54) is 11.4 Å². The van der Waals surface area contributed by atoms with E-state index in [1.54, 1.807) is 0 Å². The molecule has 17 heavy (non-hydrogen) atoms. The van der Waals surface area contributed by atoms with Gasteiger partial charge in [0.05, 0.1) is 0 Å². The van der Waals surface area contributed by atoms with Gasteiger partial charge >= 0.3 is 0 Å². The third-order valence-corrected chi connectivity index (χ3v) is 2.80. The number of aromatic nitrogens is 1. The van der Waals surface area contributed by atoms with Gasteiger partial charge in [0.15, 0.2) is 5.84 Å². The lowest BCUT2D eigenvalue weighted by atomic mass is 10.2. The van der Waals surface area contributed by atoms with Gasteiger partial charge in [-0.1, -0.05) is 5.16 Å². The Labute approximate surface area is 100.0 Å². The second-order valence-electron chi connectivity index (χ2n) is 3.98. The fourth-order valence-electron chi connectivity index (χ4n) is 1.91. The van der Waals surface area contributed by atoms with Crippen LogP contribution in [0.1, 0.15) is 17.0 Å². The van der Waals surface area contributed by atoms with E-state index in [2.05, 4.69) is 35.7 Å². The van der Waals surface area contributed by atoms with Crippen molar-refractivity contribution in [2.45, 2.75) is 13.8 Å². The topological polar surface area (TPSA) is 63.5 Å². The maximum Gasteiger partial charge on any atom is 0.170 e. The highest BCUT2D eigenvalue weighted by molar-refractivity contribution is 5.97. The first-order chi connectivity index (χ1) is 8.13. The van der Waals surface area contributed by atoms with Crippen LogP contribution in [0.2, 0.25) is 0 Å². The molecule has 0 aliphatic heterocycles. The molecule has 1 heterocycles. The SMILES string of the molecule is Cc1ccc(C)n1-c1ccc(/C(N)=N/O)cc1. The fraction of sp³-hybridized carbons (Fsp3) is 0.154. The number of oxime groups is 1. The molecule has 0 saturated carbocycles. The maximum atomic E-state index is 8.59. The molecule has 0 spiro atoms. The molecule has 0 aliphatic rings. The van der Waals surface area contributed by atoms with Crippen molar-refractivity contribution in [3.63, 3.8) is 0 Å². The zero-order valence-corrected chi connectivity index (χ0v) is 9.88. The Bertz CT molecular complexity index is 533. The Kier molecular flexibility index (Phi) is 2.87. The zero-order chi connectivity index (χ0) is 12.4. The van der Waals surface area contributed by atoms with Crippen LogP contribution in [0.25, 0.3) is 5.69 Å². The first-order valence-electron chi connectivity index (χ1n) is 5.37. The van der Waals surface area contributed by atoms with Crippen molar-refractivity contribution >= 4 is 5.84 Å². The molecule has 1 aromatic heterocycles. The Morgan fingerprint density at radius 2 is 1.59 bits per heavy atom. The molecule has 0 fully saturated rings. The minimum Gasteiger partial charge on any atom is -0.409 e. The van der Waals surface area contributed by atoms with E-state index in [0.29, 0.717) is 5.56 Å². The summed E-state index contributed by atoms with van der Waals surface area (Å²) in [7, 11) is 0. The molecule has 1 aromatic carbocycles. The molecule has 88 valence electrons. The van der Waals surface area contributed by atoms with Crippen molar-refractivity contribution < 1.29 is 5.21 Å². The van der Waals surface area contributed by atoms with E-state index < -0.39 is 0 Å². The Morgan fingerprint density at radius 1 is 1.06 bits per heavy atom. The molecular weight excluding hydrogens is 214 g/mol. The summed E-state index contributed by atoms with van der Waals surface area (Å²) in [6.07, 6.45) is 0. The number of nitrogens with zero attached hydrogens (tertiary/aromatic N) is 2. The highest BCUT2D eigenvalue weighted by atomic mass is 16.4. The van der Waals surface area contributed by atoms with Crippen LogP contribution in [0, 0.1) is 13.8 Å². The Hall–Kier alpha value is -2.23. The van der Waals surface area contributed by atoms with E-state index in [-0.39, 0.29) is 5.84 Å². The Morgan fingerprint density at radius 3 is 2.06 bits per heavy atom. The minimum atomic E-state index is 0.123. The summed E-state index contributed by atoms with van der Waals surface area (Å²) < 4.78 is 2.15. The molecule has 0 amide bonds. The minimum absolute atomic E-state index is 0.123. The van der Waals surface area contributed by atoms with Gasteiger partial charge in [-0.2, -0.15) is 0 Å². The van der Waals surface area contributed by atoms with Crippen LogP contribution < -0.4 is 5.73 Å². The summed E-state index contributed by atoms with van der Waals surface area (Å²) in [4.78, 5) is 0. The van der Waals surface area contributed by atoms with Crippen LogP contribution in [0.4, 0.5) is 0 Å². The highest BCUT2D eigenvalue weighted by Gasteiger charge is 2.04. The lowest BCUT2D eigenvalue weighted by Gasteiger charge is -2.09. The number of hydrogen-bond donors (Lipinski definition) is 2. The predicted molar refractivity (Wildman–Crippen MR) is 67.8 cm³/mol. The van der Waals surface area contributed by atoms with Gasteiger partial charge < -0.3 is 15.5 Å². The third kappa shape index (κ3) is 2.01. The molecule has 0 radical (unpaired) electrons. The van der Waals surface area contributed by atoms with Gasteiger partial charge in [-0.3, -0.25) is 0 Å². The van der Waals surface area contributed by atoms with Crippen molar-refractivity contribution in [2.75, 3.05) is 0 Å². The number of amidine groups is 1. The summed E-state index contributed by atoms with van der Waals surface area (Å²) in [5, 5.41) is 11.6. The van der Waals surface area contributed by atoms with Gasteiger partial charge in [-0.15, -0.1) is 0 Å². The number of aryl methyl sites for hydroxylation is 2. The number of rotatable bonds is 2. The largest absolute Gasteiger partial charge is 0.409 e. The van der Waals surface area contributed by atoms with Crippen molar-refractivity contribution in [1.82, 2.24) is 4.57 Å². The highest BCUT2D eigenvalue weighted by Crippen LogP contribution is 2.16. The van der Waals surface area contributed by atoms with Gasteiger partial charge in [-0.25, -0.2) is 0 Å². The molecule has 0 unspecified atom stereocenters. The van der Waals surface area contributed by atoms with Crippen LogP contribution >= 0.6 is 0 Å². The maximum absolute atomic E-state index is 8.59. The molecule has 0 atom stereocenters. The third-order valence-electron chi connectivity index (χ3n) is 2.80. The van der Waals surface area contributed by atoms with Crippen LogP contribution in [-0.4, -0.2) is 15.6 Å². The molecule has 0 aliphatic carbocycles. The summed E-state index contributed by atoms with van der Waals surface area (Å²) in [6, 6.07) is 11.7. The van der Waals surface area contributed by atoms with Gasteiger partial charge in [0, 0.05) is 22.6 Å². The first kappa shape index (κ1) is 11.3. The lowest BCUT2D eigenvalue weighted by molar-refractivity contribution is 0.318. The molecule has 0 bridgehead atoms. The number of benzene rings is 1. The van der Waals surface area contributed by atoms with E-state index >= 15 is 0 Å². The van der Waals surface area contributed by atoms with Crippen LogP contribution in [0.15, 0.2) is 41.6 Å². The van der Waals surface area contributed by atoms with Crippen molar-refractivity contribution in [3.8, 4) is 5.69 Å². The van der Waals surface area contributed by atoms with Crippen LogP contribution in [0.5, 0.6) is 0 Å². The van der Waals surface area contributed by atoms with Crippen LogP contribution in [-0.2, 0) is 0 Å². The number of nitrogens with two attached hydrogens (primary N) is 1. The monoisotopic (exact) mass is 229 g/mol. The summed E-state index contributed by atoms with van der Waals surface area (Å²) >= 11 is 0. The van der Waals surface area contributed by atoms with Gasteiger partial charge in [-0.05, 0) is 50.2 Å². The normalized spacial score (nSPS) is 11.8. The second kappa shape index (κ2) is 4.33. The lowest BCUT2D eigenvalue weighted by Crippen LogP contribution is -2.13. The molecule has 4 heteroatoms. The standard InChI is InChI=1S/C13H15N3O/c1-9-3-4-10(2)16(9)12-7-5-11(6-8-12)13(14)15-17/h3-8,17H,1-2H3,(H2,14,15). The number of hydrogen-bond acceptors (Lipinski definition) is 2. The van der Waals surface area contributed by atoms with Crippen LogP contribution in [0.3, 0.4) is 0 Å². The predicted octanol–water partition coefficient (Wildman–Crippen LogP) is 2.19. The average Bonchev–Trinajstić information content (AvgIpc) is 2.68. The quantitative estimate of drug-likeness (QED) is 0.359. The zero-order valence-electron chi connectivity index (χ0n) is 9.88. The second-order valence-corrected chi connectivity index (χ2v) is 3.98. The van der Waals surface area contributed by atoms with E-state index in [4.69, 9.17) is 10.9 Å². The average molecular weight is 229 g/mol. The molecule has 2 rings (SSSR count).